The van der Waals surface area contributed by atoms with Gasteiger partial charge in [0.2, 0.25) is 0 Å². The van der Waals surface area contributed by atoms with Crippen molar-refractivity contribution in [3.05, 3.63) is 54.9 Å². The van der Waals surface area contributed by atoms with Gasteiger partial charge in [-0.05, 0) is 36.4 Å². The predicted molar refractivity (Wildman–Crippen MR) is 105 cm³/mol. The maximum absolute atomic E-state index is 12.6. The molecule has 0 atom stereocenters. The second-order valence-corrected chi connectivity index (χ2v) is 6.31. The molecule has 132 valence electrons. The van der Waals surface area contributed by atoms with Crippen LogP contribution in [0.5, 0.6) is 0 Å². The molecule has 0 aliphatic carbocycles. The number of nitrogens with one attached hydrogen (secondary N) is 1. The van der Waals surface area contributed by atoms with Crippen LogP contribution >= 0.6 is 0 Å². The second kappa shape index (κ2) is 6.63. The first-order valence-corrected chi connectivity index (χ1v) is 8.51. The Hall–Kier alpha value is -3.15. The number of aromatic nitrogens is 3. The van der Waals surface area contributed by atoms with Gasteiger partial charge in [-0.15, -0.1) is 0 Å². The van der Waals surface area contributed by atoms with Crippen molar-refractivity contribution in [3.63, 3.8) is 0 Å². The highest BCUT2D eigenvalue weighted by molar-refractivity contribution is 6.06. The zero-order chi connectivity index (χ0) is 18.1. The Morgan fingerprint density at radius 1 is 1.15 bits per heavy atom. The number of rotatable bonds is 5. The summed E-state index contributed by atoms with van der Waals surface area (Å²) in [6, 6.07) is 13.9. The lowest BCUT2D eigenvalue weighted by molar-refractivity contribution is 0.497. The average Bonchev–Trinajstić information content (AvgIpc) is 2.95. The van der Waals surface area contributed by atoms with E-state index in [9.17, 15) is 4.39 Å². The van der Waals surface area contributed by atoms with Crippen LogP contribution in [0, 0.1) is 0 Å². The van der Waals surface area contributed by atoms with Crippen LogP contribution in [0.3, 0.4) is 0 Å². The quantitative estimate of drug-likeness (QED) is 0.584. The number of alkyl halides is 1. The van der Waals surface area contributed by atoms with E-state index in [1.807, 2.05) is 61.6 Å². The highest BCUT2D eigenvalue weighted by atomic mass is 19.1. The average molecular weight is 349 g/mol. The molecule has 0 saturated carbocycles. The van der Waals surface area contributed by atoms with Gasteiger partial charge in [-0.1, -0.05) is 6.07 Å². The first-order valence-electron chi connectivity index (χ1n) is 8.51. The summed E-state index contributed by atoms with van der Waals surface area (Å²) in [6.45, 7) is -0.0000770. The van der Waals surface area contributed by atoms with Crippen LogP contribution in [0.15, 0.2) is 54.9 Å². The molecule has 0 spiro atoms. The SMILES string of the molecule is CN(CCF)c1cccc(Nc2ccc3c4cnccc4n(C)c3n2)c1. The molecule has 0 saturated heterocycles. The highest BCUT2D eigenvalue weighted by Crippen LogP contribution is 2.28. The van der Waals surface area contributed by atoms with Crippen molar-refractivity contribution in [1.29, 1.82) is 0 Å². The van der Waals surface area contributed by atoms with E-state index >= 15 is 0 Å². The van der Waals surface area contributed by atoms with Gasteiger partial charge in [0.25, 0.3) is 0 Å². The number of nitrogens with zero attached hydrogens (tertiary/aromatic N) is 4. The summed E-state index contributed by atoms with van der Waals surface area (Å²) in [5.41, 5.74) is 3.89. The van der Waals surface area contributed by atoms with Crippen molar-refractivity contribution in [1.82, 2.24) is 14.5 Å². The fraction of sp³-hybridized carbons (Fsp3) is 0.200. The van der Waals surface area contributed by atoms with Gasteiger partial charge < -0.3 is 14.8 Å². The summed E-state index contributed by atoms with van der Waals surface area (Å²) < 4.78 is 14.6. The third-order valence-corrected chi connectivity index (χ3v) is 4.62. The summed E-state index contributed by atoms with van der Waals surface area (Å²) >= 11 is 0. The highest BCUT2D eigenvalue weighted by Gasteiger charge is 2.10. The van der Waals surface area contributed by atoms with Gasteiger partial charge >= 0.3 is 0 Å². The standard InChI is InChI=1S/C20H20FN5/c1-25(11-9-21)15-5-3-4-14(12-15)23-19-7-6-16-17-13-22-10-8-18(17)26(2)20(16)24-19/h3-8,10,12-13H,9,11H2,1-2H3,(H,23,24). The fourth-order valence-corrected chi connectivity index (χ4v) is 3.21. The van der Waals surface area contributed by atoms with Gasteiger partial charge in [0.1, 0.15) is 18.1 Å². The van der Waals surface area contributed by atoms with Crippen LogP contribution in [0.2, 0.25) is 0 Å². The number of benzene rings is 1. The van der Waals surface area contributed by atoms with Crippen molar-refractivity contribution in [2.24, 2.45) is 7.05 Å². The first-order chi connectivity index (χ1) is 12.7. The lowest BCUT2D eigenvalue weighted by Gasteiger charge is -2.18. The number of hydrogen-bond acceptors (Lipinski definition) is 4. The molecule has 0 radical (unpaired) electrons. The molecule has 0 amide bonds. The van der Waals surface area contributed by atoms with E-state index < -0.39 is 0 Å². The number of pyridine rings is 2. The van der Waals surface area contributed by atoms with Crippen LogP contribution < -0.4 is 10.2 Å². The van der Waals surface area contributed by atoms with Crippen LogP contribution in [-0.4, -0.2) is 34.8 Å². The molecule has 1 aromatic carbocycles. The van der Waals surface area contributed by atoms with Gasteiger partial charge in [0, 0.05) is 55.2 Å². The van der Waals surface area contributed by atoms with Crippen LogP contribution in [0.4, 0.5) is 21.6 Å². The monoisotopic (exact) mass is 349 g/mol. The normalized spacial score (nSPS) is 11.2. The molecule has 26 heavy (non-hydrogen) atoms. The van der Waals surface area contributed by atoms with Gasteiger partial charge in [-0.3, -0.25) is 4.98 Å². The molecule has 6 heteroatoms. The number of fused-ring (bicyclic) bond motifs is 3. The summed E-state index contributed by atoms with van der Waals surface area (Å²) in [4.78, 5) is 10.9. The molecule has 0 fully saturated rings. The van der Waals surface area contributed by atoms with Crippen molar-refractivity contribution < 1.29 is 4.39 Å². The minimum Gasteiger partial charge on any atom is -0.372 e. The Labute approximate surface area is 151 Å². The Morgan fingerprint density at radius 3 is 2.88 bits per heavy atom. The van der Waals surface area contributed by atoms with E-state index in [4.69, 9.17) is 4.98 Å². The largest absolute Gasteiger partial charge is 0.372 e. The molecule has 0 unspecified atom stereocenters. The maximum Gasteiger partial charge on any atom is 0.143 e. The molecule has 4 aromatic rings. The Kier molecular flexibility index (Phi) is 4.16. The van der Waals surface area contributed by atoms with Gasteiger partial charge in [-0.25, -0.2) is 9.37 Å². The minimum absolute atomic E-state index is 0.373. The second-order valence-electron chi connectivity index (χ2n) is 6.31. The van der Waals surface area contributed by atoms with Crippen molar-refractivity contribution in [3.8, 4) is 0 Å². The summed E-state index contributed by atoms with van der Waals surface area (Å²) in [5.74, 6) is 0.765. The van der Waals surface area contributed by atoms with Crippen molar-refractivity contribution in [2.45, 2.75) is 0 Å². The van der Waals surface area contributed by atoms with E-state index in [0.29, 0.717) is 6.54 Å². The van der Waals surface area contributed by atoms with Crippen LogP contribution in [0.1, 0.15) is 0 Å². The smallest absolute Gasteiger partial charge is 0.143 e. The molecule has 0 aliphatic rings. The molecule has 3 heterocycles. The first kappa shape index (κ1) is 16.3. The third kappa shape index (κ3) is 2.83. The van der Waals surface area contributed by atoms with E-state index in [1.165, 1.54) is 0 Å². The van der Waals surface area contributed by atoms with Crippen molar-refractivity contribution >= 4 is 39.1 Å². The van der Waals surface area contributed by atoms with Crippen molar-refractivity contribution in [2.75, 3.05) is 30.5 Å². The van der Waals surface area contributed by atoms with Crippen LogP contribution in [-0.2, 0) is 7.05 Å². The Balaban J connectivity index is 1.69. The number of halogens is 1. The zero-order valence-electron chi connectivity index (χ0n) is 14.8. The Morgan fingerprint density at radius 2 is 2.04 bits per heavy atom. The third-order valence-electron chi connectivity index (χ3n) is 4.62. The predicted octanol–water partition coefficient (Wildman–Crippen LogP) is 4.27. The van der Waals surface area contributed by atoms with E-state index in [2.05, 4.69) is 20.9 Å². The summed E-state index contributed by atoms with van der Waals surface area (Å²) in [7, 11) is 3.89. The lowest BCUT2D eigenvalue weighted by atomic mass is 10.2. The molecular formula is C20H20FN5. The molecule has 0 aliphatic heterocycles. The van der Waals surface area contributed by atoms with Gasteiger partial charge in [0.15, 0.2) is 0 Å². The summed E-state index contributed by atoms with van der Waals surface area (Å²) in [5, 5.41) is 5.52. The lowest BCUT2D eigenvalue weighted by Crippen LogP contribution is -2.19. The number of aryl methyl sites for hydroxylation is 1. The number of anilines is 3. The number of hydrogen-bond donors (Lipinski definition) is 1. The summed E-state index contributed by atoms with van der Waals surface area (Å²) in [6.07, 6.45) is 3.66. The molecule has 1 N–H and O–H groups in total. The fourth-order valence-electron chi connectivity index (χ4n) is 3.21. The molecule has 3 aromatic heterocycles. The Bertz CT molecular complexity index is 1070. The van der Waals surface area contributed by atoms with Gasteiger partial charge in [0.05, 0.1) is 5.52 Å². The molecule has 0 bridgehead atoms. The van der Waals surface area contributed by atoms with Gasteiger partial charge in [-0.2, -0.15) is 0 Å². The zero-order valence-corrected chi connectivity index (χ0v) is 14.8. The molecule has 5 nitrogen and oxygen atoms in total. The molecular weight excluding hydrogens is 329 g/mol. The van der Waals surface area contributed by atoms with Crippen LogP contribution in [0.25, 0.3) is 21.9 Å². The van der Waals surface area contributed by atoms with E-state index in [1.54, 1.807) is 6.20 Å². The maximum atomic E-state index is 12.6. The van der Waals surface area contributed by atoms with E-state index in [0.717, 1.165) is 39.1 Å². The molecule has 4 rings (SSSR count). The minimum atomic E-state index is -0.373. The topological polar surface area (TPSA) is 46.0 Å². The van der Waals surface area contributed by atoms with E-state index in [-0.39, 0.29) is 6.67 Å².